The van der Waals surface area contributed by atoms with E-state index in [0.29, 0.717) is 16.4 Å². The first kappa shape index (κ1) is 18.3. The van der Waals surface area contributed by atoms with E-state index in [1.807, 2.05) is 19.9 Å². The Labute approximate surface area is 147 Å². The van der Waals surface area contributed by atoms with Crippen LogP contribution in [0.1, 0.15) is 11.1 Å². The fourth-order valence-corrected chi connectivity index (χ4v) is 3.40. The lowest BCUT2D eigenvalue weighted by Gasteiger charge is -2.23. The summed E-state index contributed by atoms with van der Waals surface area (Å²) in [7, 11) is -3.61. The molecular formula is C17H19ClN2O3S. The third kappa shape index (κ3) is 4.72. The molecule has 0 atom stereocenters. The van der Waals surface area contributed by atoms with Crippen molar-refractivity contribution >= 4 is 38.9 Å². The Bertz CT molecular complexity index is 846. The molecular weight excluding hydrogens is 348 g/mol. The van der Waals surface area contributed by atoms with Gasteiger partial charge < -0.3 is 5.32 Å². The molecule has 0 aliphatic rings. The first-order valence-electron chi connectivity index (χ1n) is 7.27. The lowest BCUT2D eigenvalue weighted by molar-refractivity contribution is -0.114. The molecule has 1 N–H and O–H groups in total. The van der Waals surface area contributed by atoms with Crippen molar-refractivity contribution in [1.29, 1.82) is 0 Å². The van der Waals surface area contributed by atoms with Crippen LogP contribution in [0.3, 0.4) is 0 Å². The number of carbonyl (C=O) groups excluding carboxylic acids is 1. The normalized spacial score (nSPS) is 11.2. The number of aryl methyl sites for hydroxylation is 2. The van der Waals surface area contributed by atoms with Gasteiger partial charge in [0.15, 0.2) is 0 Å². The van der Waals surface area contributed by atoms with Crippen LogP contribution in [0.5, 0.6) is 0 Å². The molecule has 0 saturated carbocycles. The number of nitrogens with zero attached hydrogens (tertiary/aromatic N) is 1. The van der Waals surface area contributed by atoms with Crippen LogP contribution in [0, 0.1) is 13.8 Å². The fraction of sp³-hybridized carbons (Fsp3) is 0.235. The molecule has 2 rings (SSSR count). The minimum absolute atomic E-state index is 0.326. The number of benzene rings is 2. The maximum Gasteiger partial charge on any atom is 0.245 e. The number of sulfonamides is 1. The molecule has 0 heterocycles. The maximum atomic E-state index is 12.3. The lowest BCUT2D eigenvalue weighted by atomic mass is 10.1. The van der Waals surface area contributed by atoms with Crippen LogP contribution >= 0.6 is 11.6 Å². The zero-order chi connectivity index (χ0) is 17.9. The SMILES string of the molecule is Cc1cc(C)cc(N(CC(=O)Nc2ccccc2Cl)S(C)(=O)=O)c1. The van der Waals surface area contributed by atoms with E-state index in [4.69, 9.17) is 11.6 Å². The van der Waals surface area contributed by atoms with Crippen LogP contribution in [-0.4, -0.2) is 27.1 Å². The Morgan fingerprint density at radius 1 is 1.12 bits per heavy atom. The van der Waals surface area contributed by atoms with E-state index in [2.05, 4.69) is 5.32 Å². The molecule has 0 aliphatic carbocycles. The van der Waals surface area contributed by atoms with Gasteiger partial charge in [-0.15, -0.1) is 0 Å². The summed E-state index contributed by atoms with van der Waals surface area (Å²) >= 11 is 6.01. The molecule has 0 aromatic heterocycles. The Morgan fingerprint density at radius 2 is 1.71 bits per heavy atom. The molecule has 128 valence electrons. The van der Waals surface area contributed by atoms with Crippen LogP contribution in [0.2, 0.25) is 5.02 Å². The highest BCUT2D eigenvalue weighted by Crippen LogP contribution is 2.23. The van der Waals surface area contributed by atoms with E-state index in [0.717, 1.165) is 21.7 Å². The Hall–Kier alpha value is -2.05. The average Bonchev–Trinajstić information content (AvgIpc) is 2.45. The molecule has 2 aromatic carbocycles. The van der Waals surface area contributed by atoms with Gasteiger partial charge in [0.2, 0.25) is 15.9 Å². The van der Waals surface area contributed by atoms with E-state index < -0.39 is 15.9 Å². The Balaban J connectivity index is 2.27. The smallest absolute Gasteiger partial charge is 0.245 e. The van der Waals surface area contributed by atoms with Gasteiger partial charge in [-0.3, -0.25) is 9.10 Å². The number of para-hydroxylation sites is 1. The van der Waals surface area contributed by atoms with Crippen LogP contribution in [0.25, 0.3) is 0 Å². The molecule has 7 heteroatoms. The molecule has 2 aromatic rings. The standard InChI is InChI=1S/C17H19ClN2O3S/c1-12-8-13(2)10-14(9-12)20(24(3,22)23)11-17(21)19-16-7-5-4-6-15(16)18/h4-10H,11H2,1-3H3,(H,19,21). The summed E-state index contributed by atoms with van der Waals surface area (Å²) in [6.45, 7) is 3.43. The maximum absolute atomic E-state index is 12.3. The van der Waals surface area contributed by atoms with E-state index in [1.165, 1.54) is 0 Å². The third-order valence-electron chi connectivity index (χ3n) is 3.33. The van der Waals surface area contributed by atoms with Crippen molar-refractivity contribution in [2.45, 2.75) is 13.8 Å². The van der Waals surface area contributed by atoms with Crippen molar-refractivity contribution in [1.82, 2.24) is 0 Å². The molecule has 0 unspecified atom stereocenters. The quantitative estimate of drug-likeness (QED) is 0.882. The highest BCUT2D eigenvalue weighted by molar-refractivity contribution is 7.92. The first-order valence-corrected chi connectivity index (χ1v) is 9.50. The van der Waals surface area contributed by atoms with Crippen molar-refractivity contribution < 1.29 is 13.2 Å². The number of hydrogen-bond donors (Lipinski definition) is 1. The summed E-state index contributed by atoms with van der Waals surface area (Å²) in [5.41, 5.74) is 2.75. The predicted molar refractivity (Wildman–Crippen MR) is 98.2 cm³/mol. The Kier molecular flexibility index (Phi) is 5.51. The number of nitrogens with one attached hydrogen (secondary N) is 1. The van der Waals surface area contributed by atoms with Crippen molar-refractivity contribution in [3.05, 3.63) is 58.6 Å². The minimum atomic E-state index is -3.61. The topological polar surface area (TPSA) is 66.5 Å². The number of halogens is 1. The van der Waals surface area contributed by atoms with E-state index in [9.17, 15) is 13.2 Å². The highest BCUT2D eigenvalue weighted by Gasteiger charge is 2.21. The molecule has 24 heavy (non-hydrogen) atoms. The molecule has 0 saturated heterocycles. The van der Waals surface area contributed by atoms with E-state index in [1.54, 1.807) is 36.4 Å². The molecule has 0 spiro atoms. The zero-order valence-corrected chi connectivity index (χ0v) is 15.3. The Morgan fingerprint density at radius 3 is 2.25 bits per heavy atom. The van der Waals surface area contributed by atoms with Crippen LogP contribution in [0.4, 0.5) is 11.4 Å². The molecule has 1 amide bonds. The average molecular weight is 367 g/mol. The second-order valence-corrected chi connectivity index (χ2v) is 7.96. The minimum Gasteiger partial charge on any atom is -0.323 e. The summed E-state index contributed by atoms with van der Waals surface area (Å²) in [5, 5.41) is 3.03. The van der Waals surface area contributed by atoms with E-state index in [-0.39, 0.29) is 6.54 Å². The van der Waals surface area contributed by atoms with E-state index >= 15 is 0 Å². The van der Waals surface area contributed by atoms with Gasteiger partial charge in [0.05, 0.1) is 22.7 Å². The summed E-state index contributed by atoms with van der Waals surface area (Å²) in [6, 6.07) is 12.2. The summed E-state index contributed by atoms with van der Waals surface area (Å²) in [5.74, 6) is -0.465. The van der Waals surface area contributed by atoms with Crippen molar-refractivity contribution in [2.75, 3.05) is 22.4 Å². The summed E-state index contributed by atoms with van der Waals surface area (Å²) in [6.07, 6.45) is 1.08. The second-order valence-electron chi connectivity index (χ2n) is 5.64. The molecule has 5 nitrogen and oxygen atoms in total. The molecule has 0 fully saturated rings. The summed E-state index contributed by atoms with van der Waals surface area (Å²) in [4.78, 5) is 12.3. The van der Waals surface area contributed by atoms with Gasteiger partial charge in [-0.2, -0.15) is 0 Å². The zero-order valence-electron chi connectivity index (χ0n) is 13.7. The summed E-state index contributed by atoms with van der Waals surface area (Å²) < 4.78 is 25.3. The molecule has 0 bridgehead atoms. The molecule has 0 radical (unpaired) electrons. The van der Waals surface area contributed by atoms with Crippen molar-refractivity contribution in [2.24, 2.45) is 0 Å². The van der Waals surface area contributed by atoms with Crippen LogP contribution in [-0.2, 0) is 14.8 Å². The second kappa shape index (κ2) is 7.23. The number of carbonyl (C=O) groups is 1. The lowest BCUT2D eigenvalue weighted by Crippen LogP contribution is -2.37. The first-order chi connectivity index (χ1) is 11.2. The van der Waals surface area contributed by atoms with Gasteiger partial charge in [-0.05, 0) is 49.2 Å². The van der Waals surface area contributed by atoms with Gasteiger partial charge >= 0.3 is 0 Å². The van der Waals surface area contributed by atoms with Crippen molar-refractivity contribution in [3.8, 4) is 0 Å². The fourth-order valence-electron chi connectivity index (χ4n) is 2.38. The van der Waals surface area contributed by atoms with Gasteiger partial charge in [0.25, 0.3) is 0 Å². The van der Waals surface area contributed by atoms with Crippen LogP contribution in [0.15, 0.2) is 42.5 Å². The number of hydrogen-bond acceptors (Lipinski definition) is 3. The molecule has 0 aliphatic heterocycles. The van der Waals surface area contributed by atoms with Crippen molar-refractivity contribution in [3.63, 3.8) is 0 Å². The highest BCUT2D eigenvalue weighted by atomic mass is 35.5. The monoisotopic (exact) mass is 366 g/mol. The van der Waals surface area contributed by atoms with Gasteiger partial charge in [-0.1, -0.05) is 29.8 Å². The number of rotatable bonds is 5. The van der Waals surface area contributed by atoms with Gasteiger partial charge in [0.1, 0.15) is 6.54 Å². The number of amides is 1. The van der Waals surface area contributed by atoms with Gasteiger partial charge in [-0.25, -0.2) is 8.42 Å². The predicted octanol–water partition coefficient (Wildman–Crippen LogP) is 3.36. The third-order valence-corrected chi connectivity index (χ3v) is 4.80. The van der Waals surface area contributed by atoms with Crippen LogP contribution < -0.4 is 9.62 Å². The van der Waals surface area contributed by atoms with Gasteiger partial charge in [0, 0.05) is 0 Å². The number of anilines is 2. The largest absolute Gasteiger partial charge is 0.323 e.